The fraction of sp³-hybridized carbons (Fsp3) is 0.500. The Labute approximate surface area is 150 Å². The summed E-state index contributed by atoms with van der Waals surface area (Å²) in [5.41, 5.74) is 2.44. The molecule has 0 amide bonds. The molecule has 132 valence electrons. The van der Waals surface area contributed by atoms with Gasteiger partial charge in [-0.05, 0) is 44.4 Å². The summed E-state index contributed by atoms with van der Waals surface area (Å²) in [6, 6.07) is 4.80. The van der Waals surface area contributed by atoms with Crippen molar-refractivity contribution in [1.82, 2.24) is 19.7 Å². The largest absolute Gasteiger partial charge is 0.334 e. The average molecular weight is 360 g/mol. The van der Waals surface area contributed by atoms with Crippen LogP contribution in [0.2, 0.25) is 0 Å². The number of aryl methyl sites for hydroxylation is 1. The van der Waals surface area contributed by atoms with E-state index in [0.717, 1.165) is 35.4 Å². The number of nitrogens with one attached hydrogen (secondary N) is 1. The molecule has 1 aromatic carbocycles. The molecule has 0 atom stereocenters. The molecule has 0 unspecified atom stereocenters. The minimum atomic E-state index is -0.257. The van der Waals surface area contributed by atoms with E-state index in [-0.39, 0.29) is 5.82 Å². The molecule has 1 aliphatic heterocycles. The number of fused-ring (bicyclic) bond motifs is 3. The summed E-state index contributed by atoms with van der Waals surface area (Å²) in [6.07, 6.45) is 4.07. The van der Waals surface area contributed by atoms with E-state index < -0.39 is 0 Å². The van der Waals surface area contributed by atoms with Crippen molar-refractivity contribution in [1.29, 1.82) is 0 Å². The Hall–Kier alpha value is -1.73. The first-order valence-corrected chi connectivity index (χ1v) is 10.0. The maximum Gasteiger partial charge on any atom is 0.211 e. The summed E-state index contributed by atoms with van der Waals surface area (Å²) in [5, 5.41) is 10.1. The Morgan fingerprint density at radius 2 is 2.04 bits per heavy atom. The molecule has 0 spiro atoms. The van der Waals surface area contributed by atoms with Gasteiger partial charge in [-0.1, -0.05) is 11.8 Å². The van der Waals surface area contributed by atoms with E-state index in [1.54, 1.807) is 22.7 Å². The third-order valence-electron chi connectivity index (χ3n) is 4.97. The predicted octanol–water partition coefficient (Wildman–Crippen LogP) is 2.30. The van der Waals surface area contributed by atoms with Crippen LogP contribution in [0.4, 0.5) is 4.39 Å². The Bertz CT molecular complexity index is 888. The number of quaternary nitrogens is 1. The van der Waals surface area contributed by atoms with Crippen molar-refractivity contribution in [2.45, 2.75) is 37.9 Å². The summed E-state index contributed by atoms with van der Waals surface area (Å²) >= 11 is 1.67. The van der Waals surface area contributed by atoms with Crippen LogP contribution in [0.3, 0.4) is 0 Å². The fourth-order valence-electron chi connectivity index (χ4n) is 3.68. The topological polar surface area (TPSA) is 48.0 Å². The molecule has 1 N–H and O–H groups in total. The Morgan fingerprint density at radius 1 is 1.20 bits per heavy atom. The third kappa shape index (κ3) is 3.35. The Kier molecular flexibility index (Phi) is 4.85. The normalized spacial score (nSPS) is 16.1. The van der Waals surface area contributed by atoms with E-state index in [9.17, 15) is 4.39 Å². The lowest BCUT2D eigenvalue weighted by Crippen LogP contribution is -3.13. The van der Waals surface area contributed by atoms with Crippen molar-refractivity contribution < 1.29 is 9.29 Å². The lowest BCUT2D eigenvalue weighted by Gasteiger charge is -2.22. The zero-order valence-electron chi connectivity index (χ0n) is 14.5. The summed E-state index contributed by atoms with van der Waals surface area (Å²) in [5.74, 6) is 0.746. The predicted molar refractivity (Wildman–Crippen MR) is 98.6 cm³/mol. The van der Waals surface area contributed by atoms with E-state index in [1.165, 1.54) is 44.5 Å². The molecule has 7 heteroatoms. The second-order valence-electron chi connectivity index (χ2n) is 6.58. The van der Waals surface area contributed by atoms with Crippen molar-refractivity contribution in [3.05, 3.63) is 24.0 Å². The van der Waals surface area contributed by atoms with Gasteiger partial charge in [0, 0.05) is 11.9 Å². The van der Waals surface area contributed by atoms with Gasteiger partial charge in [0.2, 0.25) is 5.16 Å². The number of piperidine rings is 1. The first-order chi connectivity index (χ1) is 12.3. The molecular formula is C18H23FN5S+. The molecule has 2 aromatic heterocycles. The van der Waals surface area contributed by atoms with Gasteiger partial charge in [-0.25, -0.2) is 9.37 Å². The molecule has 3 heterocycles. The molecule has 5 nitrogen and oxygen atoms in total. The van der Waals surface area contributed by atoms with Crippen LogP contribution < -0.4 is 4.90 Å². The van der Waals surface area contributed by atoms with Gasteiger partial charge in [0.25, 0.3) is 0 Å². The van der Waals surface area contributed by atoms with Crippen LogP contribution in [0.15, 0.2) is 23.4 Å². The van der Waals surface area contributed by atoms with Gasteiger partial charge in [-0.15, -0.1) is 10.2 Å². The highest BCUT2D eigenvalue weighted by atomic mass is 32.2. The maximum atomic E-state index is 13.6. The number of hydrogen-bond acceptors (Lipinski definition) is 4. The number of rotatable bonds is 5. The van der Waals surface area contributed by atoms with Crippen LogP contribution in [-0.4, -0.2) is 45.1 Å². The van der Waals surface area contributed by atoms with Gasteiger partial charge in [-0.2, -0.15) is 0 Å². The van der Waals surface area contributed by atoms with Crippen LogP contribution in [-0.2, 0) is 6.54 Å². The van der Waals surface area contributed by atoms with Crippen molar-refractivity contribution in [2.75, 3.05) is 25.4 Å². The smallest absolute Gasteiger partial charge is 0.211 e. The number of thioether (sulfide) groups is 1. The molecule has 1 aliphatic rings. The molecular weight excluding hydrogens is 337 g/mol. The summed E-state index contributed by atoms with van der Waals surface area (Å²) in [4.78, 5) is 6.40. The highest BCUT2D eigenvalue weighted by Crippen LogP contribution is 2.27. The maximum absolute atomic E-state index is 13.6. The minimum Gasteiger partial charge on any atom is -0.334 e. The van der Waals surface area contributed by atoms with Gasteiger partial charge in [0.15, 0.2) is 5.65 Å². The second-order valence-corrected chi connectivity index (χ2v) is 7.64. The monoisotopic (exact) mass is 360 g/mol. The number of hydrogen-bond donors (Lipinski definition) is 1. The van der Waals surface area contributed by atoms with Gasteiger partial charge >= 0.3 is 0 Å². The van der Waals surface area contributed by atoms with E-state index in [4.69, 9.17) is 4.98 Å². The second kappa shape index (κ2) is 7.25. The van der Waals surface area contributed by atoms with Crippen LogP contribution >= 0.6 is 11.8 Å². The molecule has 0 saturated carbocycles. The molecule has 0 bridgehead atoms. The number of nitrogens with zero attached hydrogens (tertiary/aromatic N) is 4. The molecule has 1 saturated heterocycles. The zero-order valence-corrected chi connectivity index (χ0v) is 15.3. The van der Waals surface area contributed by atoms with Gasteiger partial charge in [-0.3, -0.25) is 0 Å². The van der Waals surface area contributed by atoms with Crippen molar-refractivity contribution >= 4 is 33.8 Å². The van der Waals surface area contributed by atoms with E-state index in [2.05, 4.69) is 21.7 Å². The van der Waals surface area contributed by atoms with Crippen LogP contribution in [0.5, 0.6) is 0 Å². The van der Waals surface area contributed by atoms with E-state index >= 15 is 0 Å². The summed E-state index contributed by atoms with van der Waals surface area (Å²) in [7, 11) is 0. The van der Waals surface area contributed by atoms with Crippen molar-refractivity contribution in [2.24, 2.45) is 0 Å². The van der Waals surface area contributed by atoms with Crippen molar-refractivity contribution in [3.8, 4) is 0 Å². The minimum absolute atomic E-state index is 0.257. The molecule has 1 fully saturated rings. The van der Waals surface area contributed by atoms with Crippen LogP contribution in [0.1, 0.15) is 26.2 Å². The highest BCUT2D eigenvalue weighted by molar-refractivity contribution is 7.99. The summed E-state index contributed by atoms with van der Waals surface area (Å²) < 4.78 is 15.7. The van der Waals surface area contributed by atoms with Gasteiger partial charge < -0.3 is 9.47 Å². The zero-order chi connectivity index (χ0) is 17.2. The summed E-state index contributed by atoms with van der Waals surface area (Å²) in [6.45, 7) is 6.56. The fourth-order valence-corrected chi connectivity index (χ4v) is 4.51. The SMILES string of the molecule is CCn1c2ccc(F)cc2c2nnc(SCC[NH+]3CCCCC3)nc21. The Balaban J connectivity index is 1.57. The lowest BCUT2D eigenvalue weighted by atomic mass is 10.1. The highest BCUT2D eigenvalue weighted by Gasteiger charge is 2.16. The number of likely N-dealkylation sites (tertiary alicyclic amines) is 1. The average Bonchev–Trinajstić information content (AvgIpc) is 2.95. The standard InChI is InChI=1S/C18H22FN5S/c1-2-24-15-7-6-13(19)12-14(15)16-17(24)20-18(22-21-16)25-11-10-23-8-4-3-5-9-23/h6-7,12H,2-5,8-11H2,1H3/p+1. The number of benzene rings is 1. The van der Waals surface area contributed by atoms with Crippen LogP contribution in [0, 0.1) is 5.82 Å². The Morgan fingerprint density at radius 3 is 2.84 bits per heavy atom. The number of halogens is 1. The first kappa shape index (κ1) is 16.7. The van der Waals surface area contributed by atoms with E-state index in [0.29, 0.717) is 10.7 Å². The molecule has 3 aromatic rings. The molecule has 0 aliphatic carbocycles. The van der Waals surface area contributed by atoms with Crippen molar-refractivity contribution in [3.63, 3.8) is 0 Å². The number of aromatic nitrogens is 4. The first-order valence-electron chi connectivity index (χ1n) is 9.05. The van der Waals surface area contributed by atoms with E-state index in [1.807, 2.05) is 0 Å². The molecule has 0 radical (unpaired) electrons. The third-order valence-corrected chi connectivity index (χ3v) is 5.81. The molecule has 25 heavy (non-hydrogen) atoms. The lowest BCUT2D eigenvalue weighted by molar-refractivity contribution is -0.902. The van der Waals surface area contributed by atoms with Gasteiger partial charge in [0.05, 0.1) is 30.9 Å². The van der Waals surface area contributed by atoms with Gasteiger partial charge in [0.1, 0.15) is 11.3 Å². The quantitative estimate of drug-likeness (QED) is 0.710. The molecule has 4 rings (SSSR count). The van der Waals surface area contributed by atoms with Crippen LogP contribution in [0.25, 0.3) is 22.1 Å².